The molecule has 0 aliphatic carbocycles. The molecule has 2 aromatic rings. The molecule has 0 radical (unpaired) electrons. The number of thioether (sulfide) groups is 1. The van der Waals surface area contributed by atoms with Crippen LogP contribution in [0.4, 0.5) is 0 Å². The highest BCUT2D eigenvalue weighted by molar-refractivity contribution is 8.00. The molecule has 1 aromatic carbocycles. The molecule has 0 unspecified atom stereocenters. The molecule has 0 aliphatic heterocycles. The normalized spacial score (nSPS) is 11.8. The van der Waals surface area contributed by atoms with Gasteiger partial charge in [-0.05, 0) is 35.5 Å². The number of carbonyl (C=O) groups excluding carboxylic acids is 1. The maximum Gasteiger partial charge on any atom is 0.210 e. The van der Waals surface area contributed by atoms with Crippen molar-refractivity contribution < 1.29 is 14.3 Å². The summed E-state index contributed by atoms with van der Waals surface area (Å²) in [6.07, 6.45) is 1.70. The van der Waals surface area contributed by atoms with Gasteiger partial charge in [-0.15, -0.1) is 11.7 Å². The van der Waals surface area contributed by atoms with Crippen molar-refractivity contribution in [2.45, 2.75) is 23.9 Å². The number of methoxy groups -OCH3 is 2. The zero-order valence-electron chi connectivity index (χ0n) is 13.2. The van der Waals surface area contributed by atoms with Crippen molar-refractivity contribution in [3.63, 3.8) is 0 Å². The highest BCUT2D eigenvalue weighted by atomic mass is 32.2. The van der Waals surface area contributed by atoms with Gasteiger partial charge < -0.3 is 9.47 Å². The first-order valence-corrected chi connectivity index (χ1v) is 7.78. The summed E-state index contributed by atoms with van der Waals surface area (Å²) in [6.45, 7) is 5.96. The first-order valence-electron chi connectivity index (χ1n) is 6.90. The van der Waals surface area contributed by atoms with E-state index in [0.717, 1.165) is 0 Å². The minimum absolute atomic E-state index is 0.0379. The van der Waals surface area contributed by atoms with Gasteiger partial charge in [0.25, 0.3) is 0 Å². The Labute approximate surface area is 138 Å². The Bertz CT molecular complexity index is 702. The van der Waals surface area contributed by atoms with Gasteiger partial charge in [-0.1, -0.05) is 17.8 Å². The number of ether oxygens (including phenoxy) is 2. The van der Waals surface area contributed by atoms with E-state index in [0.29, 0.717) is 28.8 Å². The maximum atomic E-state index is 12.6. The van der Waals surface area contributed by atoms with Gasteiger partial charge in [0.15, 0.2) is 17.3 Å². The predicted octanol–water partition coefficient (Wildman–Crippen LogP) is 2.24. The lowest BCUT2D eigenvalue weighted by Crippen LogP contribution is -2.15. The standard InChI is InChI=1S/C15H18N4O3S/c1-5-8-19-15(16-17-18-19)23-10(2)14(20)11-6-7-12(21-3)13(9-11)22-4/h5-7,9-10H,1,8H2,2-4H3/t10-/m1/s1. The number of benzene rings is 1. The van der Waals surface area contributed by atoms with Gasteiger partial charge in [-0.3, -0.25) is 4.79 Å². The van der Waals surface area contributed by atoms with Crippen LogP contribution in [0.25, 0.3) is 0 Å². The molecule has 0 amide bonds. The van der Waals surface area contributed by atoms with Crippen LogP contribution in [0.5, 0.6) is 11.5 Å². The zero-order valence-corrected chi connectivity index (χ0v) is 14.0. The number of ketones is 1. The van der Waals surface area contributed by atoms with Crippen LogP contribution in [-0.2, 0) is 6.54 Å². The lowest BCUT2D eigenvalue weighted by atomic mass is 10.1. The molecular weight excluding hydrogens is 316 g/mol. The van der Waals surface area contributed by atoms with Crippen LogP contribution < -0.4 is 9.47 Å². The highest BCUT2D eigenvalue weighted by Crippen LogP contribution is 2.30. The quantitative estimate of drug-likeness (QED) is 0.416. The summed E-state index contributed by atoms with van der Waals surface area (Å²) in [4.78, 5) is 12.6. The third-order valence-corrected chi connectivity index (χ3v) is 4.19. The SMILES string of the molecule is C=CCn1nnnc1S[C@H](C)C(=O)c1ccc(OC)c(OC)c1. The van der Waals surface area contributed by atoms with Gasteiger partial charge in [-0.25, -0.2) is 4.68 Å². The number of carbonyl (C=O) groups is 1. The Morgan fingerprint density at radius 1 is 1.39 bits per heavy atom. The third-order valence-electron chi connectivity index (χ3n) is 3.12. The van der Waals surface area contributed by atoms with Gasteiger partial charge in [0, 0.05) is 5.56 Å². The molecule has 1 heterocycles. The summed E-state index contributed by atoms with van der Waals surface area (Å²) in [5.41, 5.74) is 0.547. The lowest BCUT2D eigenvalue weighted by Gasteiger charge is -2.12. The van der Waals surface area contributed by atoms with E-state index in [1.807, 2.05) is 6.92 Å². The van der Waals surface area contributed by atoms with Crippen LogP contribution in [0.2, 0.25) is 0 Å². The first-order chi connectivity index (χ1) is 11.1. The summed E-state index contributed by atoms with van der Waals surface area (Å²) >= 11 is 1.30. The molecule has 2 rings (SSSR count). The van der Waals surface area contributed by atoms with Gasteiger partial charge in [0.1, 0.15) is 0 Å². The summed E-state index contributed by atoms with van der Waals surface area (Å²) in [5, 5.41) is 11.6. The van der Waals surface area contributed by atoms with Crippen molar-refractivity contribution in [3.8, 4) is 11.5 Å². The molecule has 1 atom stereocenters. The summed E-state index contributed by atoms with van der Waals surface area (Å²) < 4.78 is 12.0. The molecule has 0 aliphatic rings. The minimum Gasteiger partial charge on any atom is -0.493 e. The Kier molecular flexibility index (Phi) is 5.75. The fourth-order valence-electron chi connectivity index (χ4n) is 1.95. The van der Waals surface area contributed by atoms with E-state index in [1.54, 1.807) is 36.1 Å². The molecule has 0 bridgehead atoms. The van der Waals surface area contributed by atoms with E-state index in [4.69, 9.17) is 9.47 Å². The molecule has 7 nitrogen and oxygen atoms in total. The Morgan fingerprint density at radius 3 is 2.78 bits per heavy atom. The van der Waals surface area contributed by atoms with Crippen molar-refractivity contribution in [3.05, 3.63) is 36.4 Å². The summed E-state index contributed by atoms with van der Waals surface area (Å²) in [7, 11) is 3.09. The third kappa shape index (κ3) is 3.89. The van der Waals surface area contributed by atoms with E-state index in [-0.39, 0.29) is 11.0 Å². The van der Waals surface area contributed by atoms with E-state index in [9.17, 15) is 4.79 Å². The number of aromatic nitrogens is 4. The van der Waals surface area contributed by atoms with Crippen molar-refractivity contribution in [2.75, 3.05) is 14.2 Å². The van der Waals surface area contributed by atoms with Crippen molar-refractivity contribution >= 4 is 17.5 Å². The van der Waals surface area contributed by atoms with Crippen LogP contribution >= 0.6 is 11.8 Å². The fraction of sp³-hybridized carbons (Fsp3) is 0.333. The van der Waals surface area contributed by atoms with Gasteiger partial charge in [0.2, 0.25) is 5.16 Å². The van der Waals surface area contributed by atoms with Crippen LogP contribution in [0.3, 0.4) is 0 Å². The van der Waals surface area contributed by atoms with Gasteiger partial charge in [-0.2, -0.15) is 0 Å². The smallest absolute Gasteiger partial charge is 0.210 e. The molecule has 0 fully saturated rings. The number of hydrogen-bond donors (Lipinski definition) is 0. The number of Topliss-reactive ketones (excluding diaryl/α,β-unsaturated/α-hetero) is 1. The Morgan fingerprint density at radius 2 is 2.13 bits per heavy atom. The average molecular weight is 334 g/mol. The Balaban J connectivity index is 2.16. The second kappa shape index (κ2) is 7.77. The predicted molar refractivity (Wildman–Crippen MR) is 87.2 cm³/mol. The van der Waals surface area contributed by atoms with Crippen LogP contribution in [-0.4, -0.2) is 45.5 Å². The largest absolute Gasteiger partial charge is 0.493 e. The number of allylic oxidation sites excluding steroid dienone is 1. The lowest BCUT2D eigenvalue weighted by molar-refractivity contribution is 0.0993. The van der Waals surface area contributed by atoms with Crippen LogP contribution in [0.1, 0.15) is 17.3 Å². The van der Waals surface area contributed by atoms with Crippen LogP contribution in [0, 0.1) is 0 Å². The van der Waals surface area contributed by atoms with E-state index >= 15 is 0 Å². The monoisotopic (exact) mass is 334 g/mol. The first kappa shape index (κ1) is 17.0. The van der Waals surface area contributed by atoms with Gasteiger partial charge >= 0.3 is 0 Å². The summed E-state index contributed by atoms with van der Waals surface area (Å²) in [6, 6.07) is 5.10. The van der Waals surface area contributed by atoms with E-state index in [1.165, 1.54) is 18.9 Å². The fourth-order valence-corrected chi connectivity index (χ4v) is 2.83. The van der Waals surface area contributed by atoms with Crippen molar-refractivity contribution in [1.82, 2.24) is 20.2 Å². The molecule has 0 saturated carbocycles. The second-order valence-electron chi connectivity index (χ2n) is 4.63. The van der Waals surface area contributed by atoms with Crippen molar-refractivity contribution in [1.29, 1.82) is 0 Å². The molecule has 1 aromatic heterocycles. The average Bonchev–Trinajstić information content (AvgIpc) is 3.00. The molecule has 0 saturated heterocycles. The topological polar surface area (TPSA) is 79.1 Å². The van der Waals surface area contributed by atoms with E-state index in [2.05, 4.69) is 22.1 Å². The minimum atomic E-state index is -0.345. The number of tetrazole rings is 1. The molecule has 122 valence electrons. The maximum absolute atomic E-state index is 12.6. The van der Waals surface area contributed by atoms with Crippen LogP contribution in [0.15, 0.2) is 36.0 Å². The number of hydrogen-bond acceptors (Lipinski definition) is 7. The Hall–Kier alpha value is -2.35. The zero-order chi connectivity index (χ0) is 16.8. The molecule has 0 spiro atoms. The second-order valence-corrected chi connectivity index (χ2v) is 5.93. The molecule has 8 heteroatoms. The molecule has 23 heavy (non-hydrogen) atoms. The number of nitrogens with zero attached hydrogens (tertiary/aromatic N) is 4. The molecular formula is C15H18N4O3S. The number of rotatable bonds is 8. The van der Waals surface area contributed by atoms with Crippen molar-refractivity contribution in [2.24, 2.45) is 0 Å². The molecule has 0 N–H and O–H groups in total. The van der Waals surface area contributed by atoms with Gasteiger partial charge in [0.05, 0.1) is 26.0 Å². The highest BCUT2D eigenvalue weighted by Gasteiger charge is 2.21. The van der Waals surface area contributed by atoms with E-state index < -0.39 is 0 Å². The summed E-state index contributed by atoms with van der Waals surface area (Å²) in [5.74, 6) is 1.07.